The number of hydrogen-bond donors (Lipinski definition) is 0. The van der Waals surface area contributed by atoms with Crippen molar-refractivity contribution in [2.75, 3.05) is 0 Å². The smallest absolute Gasteiger partial charge is 0.258 e. The zero-order valence-electron chi connectivity index (χ0n) is 7.05. The van der Waals surface area contributed by atoms with E-state index in [9.17, 15) is 18.4 Å². The molecule has 1 heterocycles. The lowest BCUT2D eigenvalue weighted by Crippen LogP contribution is -2.31. The van der Waals surface area contributed by atoms with Crippen molar-refractivity contribution in [3.8, 4) is 0 Å². The first-order valence-corrected chi connectivity index (χ1v) is 4.60. The summed E-state index contributed by atoms with van der Waals surface area (Å²) in [5.74, 6) is -2.31. The van der Waals surface area contributed by atoms with E-state index in [2.05, 4.69) is 4.28 Å². The first-order chi connectivity index (χ1) is 5.95. The van der Waals surface area contributed by atoms with Crippen LogP contribution in [0.3, 0.4) is 0 Å². The molecule has 74 valence electrons. The van der Waals surface area contributed by atoms with Gasteiger partial charge in [-0.25, -0.2) is 4.21 Å². The van der Waals surface area contributed by atoms with Crippen LogP contribution in [0.15, 0.2) is 0 Å². The van der Waals surface area contributed by atoms with Crippen molar-refractivity contribution in [1.29, 1.82) is 0 Å². The molecule has 0 aromatic rings. The fourth-order valence-electron chi connectivity index (χ4n) is 1.04. The van der Waals surface area contributed by atoms with E-state index in [4.69, 9.17) is 0 Å². The molecule has 0 aromatic heterocycles. The first kappa shape index (κ1) is 10.3. The minimum Gasteiger partial charge on any atom is -0.748 e. The highest BCUT2D eigenvalue weighted by Gasteiger charge is 2.43. The summed E-state index contributed by atoms with van der Waals surface area (Å²) >= 11 is -2.89. The van der Waals surface area contributed by atoms with Gasteiger partial charge in [0.05, 0.1) is 0 Å². The van der Waals surface area contributed by atoms with Gasteiger partial charge in [-0.05, 0) is 0 Å². The van der Waals surface area contributed by atoms with Crippen molar-refractivity contribution >= 4 is 23.2 Å². The van der Waals surface area contributed by atoms with Crippen molar-refractivity contribution in [3.63, 3.8) is 0 Å². The second-order valence-corrected chi connectivity index (χ2v) is 3.38. The van der Waals surface area contributed by atoms with Gasteiger partial charge < -0.3 is 4.55 Å². The van der Waals surface area contributed by atoms with Crippen LogP contribution in [0.1, 0.15) is 13.8 Å². The van der Waals surface area contributed by atoms with Crippen molar-refractivity contribution in [3.05, 3.63) is 0 Å². The van der Waals surface area contributed by atoms with Crippen LogP contribution >= 0.6 is 0 Å². The molecular weight excluding hydrogens is 198 g/mol. The third-order valence-corrected chi connectivity index (χ3v) is 2.34. The summed E-state index contributed by atoms with van der Waals surface area (Å²) < 4.78 is 24.2. The zero-order valence-corrected chi connectivity index (χ0v) is 7.87. The number of nitrogens with zero attached hydrogens (tertiary/aromatic N) is 1. The Bertz CT molecular complexity index is 258. The Morgan fingerprint density at radius 2 is 1.69 bits per heavy atom. The molecule has 2 amide bonds. The largest absolute Gasteiger partial charge is 0.748 e. The highest BCUT2D eigenvalue weighted by atomic mass is 32.2. The number of imide groups is 1. The van der Waals surface area contributed by atoms with E-state index in [1.165, 1.54) is 0 Å². The Hall–Kier alpha value is -0.790. The van der Waals surface area contributed by atoms with Crippen LogP contribution in [0.25, 0.3) is 0 Å². The fourth-order valence-corrected chi connectivity index (χ4v) is 1.31. The van der Waals surface area contributed by atoms with E-state index in [1.807, 2.05) is 0 Å². The minimum absolute atomic E-state index is 0.290. The van der Waals surface area contributed by atoms with Gasteiger partial charge in [0.1, 0.15) is 11.4 Å². The highest BCUT2D eigenvalue weighted by Crippen LogP contribution is 2.25. The van der Waals surface area contributed by atoms with Gasteiger partial charge in [0, 0.05) is 11.8 Å². The van der Waals surface area contributed by atoms with Gasteiger partial charge >= 0.3 is 0 Å². The summed E-state index contributed by atoms with van der Waals surface area (Å²) in [6.07, 6.45) is 0. The van der Waals surface area contributed by atoms with Crippen molar-refractivity contribution < 1.29 is 22.6 Å². The second kappa shape index (κ2) is 3.52. The molecule has 1 aliphatic rings. The average Bonchev–Trinajstić information content (AvgIpc) is 2.22. The molecule has 0 aromatic carbocycles. The van der Waals surface area contributed by atoms with Gasteiger partial charge in [-0.1, -0.05) is 13.8 Å². The summed E-state index contributed by atoms with van der Waals surface area (Å²) in [5.41, 5.74) is 0. The van der Waals surface area contributed by atoms with E-state index in [-0.39, 0.29) is 0 Å². The Morgan fingerprint density at radius 3 is 2.00 bits per heavy atom. The molecule has 1 fully saturated rings. The lowest BCUT2D eigenvalue weighted by Gasteiger charge is -2.13. The normalized spacial score (nSPS) is 31.2. The van der Waals surface area contributed by atoms with Crippen LogP contribution in [-0.2, 0) is 25.2 Å². The lowest BCUT2D eigenvalue weighted by atomic mass is 10.00. The van der Waals surface area contributed by atoms with Gasteiger partial charge in [-0.2, -0.15) is 4.28 Å². The molecule has 6 nitrogen and oxygen atoms in total. The predicted molar refractivity (Wildman–Crippen MR) is 40.2 cm³/mol. The van der Waals surface area contributed by atoms with Gasteiger partial charge in [-0.3, -0.25) is 9.59 Å². The monoisotopic (exact) mass is 206 g/mol. The van der Waals surface area contributed by atoms with Crippen molar-refractivity contribution in [2.45, 2.75) is 13.8 Å². The molecule has 0 bridgehead atoms. The minimum atomic E-state index is -2.89. The molecule has 0 radical (unpaired) electrons. The second-order valence-electron chi connectivity index (χ2n) is 2.83. The third-order valence-electron chi connectivity index (χ3n) is 2.06. The Balaban J connectivity index is 2.81. The van der Waals surface area contributed by atoms with Crippen molar-refractivity contribution in [2.24, 2.45) is 11.8 Å². The number of rotatable bonds is 2. The Morgan fingerprint density at radius 1 is 1.31 bits per heavy atom. The summed E-state index contributed by atoms with van der Waals surface area (Å²) in [4.78, 5) is 22.3. The van der Waals surface area contributed by atoms with E-state index in [0.717, 1.165) is 0 Å². The molecule has 0 spiro atoms. The number of carbonyl (C=O) groups is 2. The van der Waals surface area contributed by atoms with Crippen LogP contribution in [0.4, 0.5) is 0 Å². The molecule has 3 unspecified atom stereocenters. The zero-order chi connectivity index (χ0) is 10.2. The molecule has 1 rings (SSSR count). The van der Waals surface area contributed by atoms with E-state index < -0.39 is 35.0 Å². The van der Waals surface area contributed by atoms with E-state index in [1.54, 1.807) is 13.8 Å². The first-order valence-electron chi connectivity index (χ1n) is 3.60. The van der Waals surface area contributed by atoms with Crippen LogP contribution in [0.2, 0.25) is 0 Å². The maximum absolute atomic E-state index is 11.2. The molecule has 0 aliphatic carbocycles. The summed E-state index contributed by atoms with van der Waals surface area (Å²) in [5, 5.41) is 0.290. The van der Waals surface area contributed by atoms with E-state index in [0.29, 0.717) is 5.06 Å². The summed E-state index contributed by atoms with van der Waals surface area (Å²) in [7, 11) is 0. The number of hydrogen-bond acceptors (Lipinski definition) is 5. The molecule has 7 heteroatoms. The SMILES string of the molecule is CC1C(=O)N(OS(=O)[O-])C(=O)C1C. The maximum Gasteiger partial charge on any atom is 0.258 e. The van der Waals surface area contributed by atoms with Crippen LogP contribution in [0, 0.1) is 11.8 Å². The Kier molecular flexibility index (Phi) is 2.79. The van der Waals surface area contributed by atoms with Crippen LogP contribution in [0.5, 0.6) is 0 Å². The topological polar surface area (TPSA) is 86.7 Å². The molecular formula is C6H8NO5S-. The quantitative estimate of drug-likeness (QED) is 0.442. The molecule has 0 N–H and O–H groups in total. The van der Waals surface area contributed by atoms with Gasteiger partial charge in [0.15, 0.2) is 0 Å². The molecule has 1 aliphatic heterocycles. The number of carbonyl (C=O) groups excluding carboxylic acids is 2. The lowest BCUT2D eigenvalue weighted by molar-refractivity contribution is -0.165. The van der Waals surface area contributed by atoms with Gasteiger partial charge in [0.25, 0.3) is 11.8 Å². The number of amides is 2. The average molecular weight is 206 g/mol. The maximum atomic E-state index is 11.2. The molecule has 13 heavy (non-hydrogen) atoms. The Labute approximate surface area is 77.3 Å². The van der Waals surface area contributed by atoms with Gasteiger partial charge in [0.2, 0.25) is 0 Å². The third kappa shape index (κ3) is 1.77. The predicted octanol–water partition coefficient (Wildman–Crippen LogP) is -0.647. The summed E-state index contributed by atoms with van der Waals surface area (Å²) in [6, 6.07) is 0. The molecule has 3 atom stereocenters. The van der Waals surface area contributed by atoms with Crippen LogP contribution < -0.4 is 0 Å². The summed E-state index contributed by atoms with van der Waals surface area (Å²) in [6.45, 7) is 3.09. The van der Waals surface area contributed by atoms with E-state index >= 15 is 0 Å². The standard InChI is InChI=1S/C6H9NO5S/c1-3-4(2)6(9)7(5(3)8)12-13(10)11/h3-4H,1-2H3,(H,10,11)/p-1. The van der Waals surface area contributed by atoms with Gasteiger partial charge in [-0.15, -0.1) is 5.06 Å². The molecule has 0 saturated carbocycles. The molecule has 1 saturated heterocycles. The fraction of sp³-hybridized carbons (Fsp3) is 0.667. The number of hydroxylamine groups is 2. The van der Waals surface area contributed by atoms with Crippen LogP contribution in [-0.4, -0.2) is 25.6 Å². The highest BCUT2D eigenvalue weighted by molar-refractivity contribution is 7.74. The van der Waals surface area contributed by atoms with Crippen molar-refractivity contribution in [1.82, 2.24) is 5.06 Å².